The zero-order valence-electron chi connectivity index (χ0n) is 14.5. The molecule has 1 unspecified atom stereocenters. The molecule has 0 saturated heterocycles. The van der Waals surface area contributed by atoms with E-state index in [0.717, 1.165) is 5.56 Å². The van der Waals surface area contributed by atoms with Crippen LogP contribution in [0.15, 0.2) is 36.4 Å². The van der Waals surface area contributed by atoms with Gasteiger partial charge in [0.15, 0.2) is 11.5 Å². The fraction of sp³-hybridized carbons (Fsp3) is 0.350. The summed E-state index contributed by atoms with van der Waals surface area (Å²) in [5, 5.41) is 0.532. The Kier molecular flexibility index (Phi) is 4.74. The van der Waals surface area contributed by atoms with Gasteiger partial charge in [-0.05, 0) is 35.2 Å². The second-order valence-electron chi connectivity index (χ2n) is 6.52. The van der Waals surface area contributed by atoms with Crippen molar-refractivity contribution in [2.75, 3.05) is 20.3 Å². The van der Waals surface area contributed by atoms with Crippen molar-refractivity contribution in [3.05, 3.63) is 58.1 Å². The van der Waals surface area contributed by atoms with Crippen molar-refractivity contribution >= 4 is 17.6 Å². The van der Waals surface area contributed by atoms with Crippen molar-refractivity contribution in [1.82, 2.24) is 4.90 Å². The fourth-order valence-electron chi connectivity index (χ4n) is 3.60. The Morgan fingerprint density at radius 1 is 1.23 bits per heavy atom. The van der Waals surface area contributed by atoms with Gasteiger partial charge >= 0.3 is 5.97 Å². The summed E-state index contributed by atoms with van der Waals surface area (Å²) in [6.45, 7) is 2.26. The van der Waals surface area contributed by atoms with Crippen LogP contribution in [0.1, 0.15) is 16.7 Å². The molecular formula is C20H20ClNO4. The molecule has 2 aliphatic heterocycles. The smallest absolute Gasteiger partial charge is 0.323 e. The Balaban J connectivity index is 1.63. The number of methoxy groups -OCH3 is 1. The molecule has 0 amide bonds. The lowest BCUT2D eigenvalue weighted by molar-refractivity contribution is -0.148. The van der Waals surface area contributed by atoms with Crippen LogP contribution in [0.3, 0.4) is 0 Å². The van der Waals surface area contributed by atoms with Gasteiger partial charge in [-0.15, -0.1) is 0 Å². The van der Waals surface area contributed by atoms with Gasteiger partial charge in [0.25, 0.3) is 0 Å². The van der Waals surface area contributed by atoms with Crippen LogP contribution in [-0.2, 0) is 29.0 Å². The average Bonchev–Trinajstić information content (AvgIpc) is 2.67. The van der Waals surface area contributed by atoms with E-state index < -0.39 is 0 Å². The van der Waals surface area contributed by atoms with Gasteiger partial charge in [0, 0.05) is 13.1 Å². The summed E-state index contributed by atoms with van der Waals surface area (Å²) >= 11 is 6.36. The number of rotatable bonds is 3. The largest absolute Gasteiger partial charge is 0.486 e. The molecule has 2 heterocycles. The van der Waals surface area contributed by atoms with Crippen LogP contribution in [-0.4, -0.2) is 37.2 Å². The minimum atomic E-state index is -0.318. The van der Waals surface area contributed by atoms with Crippen molar-refractivity contribution in [2.24, 2.45) is 0 Å². The van der Waals surface area contributed by atoms with E-state index in [-0.39, 0.29) is 12.0 Å². The van der Waals surface area contributed by atoms with Gasteiger partial charge in [0.05, 0.1) is 12.1 Å². The molecule has 6 heteroatoms. The molecule has 0 fully saturated rings. The molecule has 26 heavy (non-hydrogen) atoms. The molecule has 0 spiro atoms. The number of fused-ring (bicyclic) bond motifs is 2. The molecule has 2 aliphatic rings. The van der Waals surface area contributed by atoms with Crippen molar-refractivity contribution < 1.29 is 19.0 Å². The second-order valence-corrected chi connectivity index (χ2v) is 6.93. The molecule has 4 rings (SSSR count). The van der Waals surface area contributed by atoms with Gasteiger partial charge in [0.2, 0.25) is 0 Å². The number of hydrogen-bond donors (Lipinski definition) is 0. The first-order valence-corrected chi connectivity index (χ1v) is 9.00. The Bertz CT molecular complexity index is 839. The highest BCUT2D eigenvalue weighted by atomic mass is 35.5. The Morgan fingerprint density at radius 3 is 2.81 bits per heavy atom. The third-order valence-electron chi connectivity index (χ3n) is 4.86. The van der Waals surface area contributed by atoms with Gasteiger partial charge in [-0.2, -0.15) is 0 Å². The van der Waals surface area contributed by atoms with Crippen molar-refractivity contribution in [1.29, 1.82) is 0 Å². The lowest BCUT2D eigenvalue weighted by Gasteiger charge is -2.35. The molecule has 0 aliphatic carbocycles. The van der Waals surface area contributed by atoms with Crippen LogP contribution >= 0.6 is 11.6 Å². The zero-order chi connectivity index (χ0) is 18.1. The van der Waals surface area contributed by atoms with E-state index in [1.807, 2.05) is 24.3 Å². The maximum Gasteiger partial charge on any atom is 0.323 e. The van der Waals surface area contributed by atoms with E-state index in [0.29, 0.717) is 49.2 Å². The summed E-state index contributed by atoms with van der Waals surface area (Å²) in [5.74, 6) is 1.03. The Hall–Kier alpha value is -2.24. The highest BCUT2D eigenvalue weighted by Gasteiger charge is 2.32. The van der Waals surface area contributed by atoms with Crippen LogP contribution in [0.5, 0.6) is 11.5 Å². The van der Waals surface area contributed by atoms with Gasteiger partial charge in [0.1, 0.15) is 19.3 Å². The summed E-state index contributed by atoms with van der Waals surface area (Å²) < 4.78 is 16.3. The minimum Gasteiger partial charge on any atom is -0.486 e. The first-order chi connectivity index (χ1) is 12.7. The Morgan fingerprint density at radius 2 is 2.00 bits per heavy atom. The number of halogens is 1. The van der Waals surface area contributed by atoms with Crippen molar-refractivity contribution in [3.8, 4) is 11.5 Å². The van der Waals surface area contributed by atoms with Crippen LogP contribution in [0.25, 0.3) is 0 Å². The number of hydrogen-bond acceptors (Lipinski definition) is 5. The SMILES string of the molecule is COC(=O)C1Cc2ccccc2CN1Cc1cc(Cl)c2c(c1)OCCO2. The zero-order valence-corrected chi connectivity index (χ0v) is 15.3. The third kappa shape index (κ3) is 3.24. The highest BCUT2D eigenvalue weighted by Crippen LogP contribution is 2.39. The second kappa shape index (κ2) is 7.17. The number of ether oxygens (including phenoxy) is 3. The maximum atomic E-state index is 12.3. The summed E-state index contributed by atoms with van der Waals surface area (Å²) in [5.41, 5.74) is 3.41. The number of carbonyl (C=O) groups excluding carboxylic acids is 1. The highest BCUT2D eigenvalue weighted by molar-refractivity contribution is 6.32. The summed E-state index contributed by atoms with van der Waals surface area (Å²) in [6, 6.07) is 11.7. The molecule has 136 valence electrons. The quantitative estimate of drug-likeness (QED) is 0.773. The molecule has 0 N–H and O–H groups in total. The van der Waals surface area contributed by atoms with Crippen LogP contribution in [0, 0.1) is 0 Å². The van der Waals surface area contributed by atoms with Gasteiger partial charge in [-0.3, -0.25) is 9.69 Å². The first kappa shape index (κ1) is 17.2. The number of nitrogens with zero attached hydrogens (tertiary/aromatic N) is 1. The van der Waals surface area contributed by atoms with E-state index in [2.05, 4.69) is 17.0 Å². The third-order valence-corrected chi connectivity index (χ3v) is 5.14. The predicted octanol–water partition coefficient (Wildman–Crippen LogP) is 3.21. The molecule has 0 bridgehead atoms. The van der Waals surface area contributed by atoms with Crippen LogP contribution < -0.4 is 9.47 Å². The van der Waals surface area contributed by atoms with Crippen LogP contribution in [0.4, 0.5) is 0 Å². The molecule has 0 saturated carbocycles. The number of benzene rings is 2. The lowest BCUT2D eigenvalue weighted by atomic mass is 9.93. The normalized spacial score (nSPS) is 18.9. The standard InChI is InChI=1S/C20H20ClNO4/c1-24-20(23)17-10-14-4-2-3-5-15(14)12-22(17)11-13-8-16(21)19-18(9-13)25-6-7-26-19/h2-5,8-9,17H,6-7,10-12H2,1H3. The van der Waals surface area contributed by atoms with Crippen molar-refractivity contribution in [3.63, 3.8) is 0 Å². The van der Waals surface area contributed by atoms with E-state index in [4.69, 9.17) is 25.8 Å². The molecule has 2 aromatic carbocycles. The fourth-order valence-corrected chi connectivity index (χ4v) is 3.89. The maximum absolute atomic E-state index is 12.3. The van der Waals surface area contributed by atoms with E-state index in [1.165, 1.54) is 18.2 Å². The first-order valence-electron chi connectivity index (χ1n) is 8.62. The van der Waals surface area contributed by atoms with E-state index in [9.17, 15) is 4.79 Å². The molecule has 1 atom stereocenters. The summed E-state index contributed by atoms with van der Waals surface area (Å²) in [7, 11) is 1.43. The lowest BCUT2D eigenvalue weighted by Crippen LogP contribution is -2.45. The van der Waals surface area contributed by atoms with Crippen LogP contribution in [0.2, 0.25) is 5.02 Å². The number of carbonyl (C=O) groups is 1. The van der Waals surface area contributed by atoms with Crippen molar-refractivity contribution in [2.45, 2.75) is 25.6 Å². The van der Waals surface area contributed by atoms with E-state index in [1.54, 1.807) is 0 Å². The Labute approximate surface area is 157 Å². The van der Waals surface area contributed by atoms with Gasteiger partial charge in [-0.25, -0.2) is 0 Å². The van der Waals surface area contributed by atoms with Gasteiger partial charge < -0.3 is 14.2 Å². The summed E-state index contributed by atoms with van der Waals surface area (Å²) in [6.07, 6.45) is 0.640. The molecular weight excluding hydrogens is 354 g/mol. The monoisotopic (exact) mass is 373 g/mol. The molecule has 0 radical (unpaired) electrons. The topological polar surface area (TPSA) is 48.0 Å². The average molecular weight is 374 g/mol. The summed E-state index contributed by atoms with van der Waals surface area (Å²) in [4.78, 5) is 14.5. The molecule has 2 aromatic rings. The molecule has 5 nitrogen and oxygen atoms in total. The van der Waals surface area contributed by atoms with E-state index >= 15 is 0 Å². The predicted molar refractivity (Wildman–Crippen MR) is 97.6 cm³/mol. The molecule has 0 aromatic heterocycles. The number of esters is 1. The van der Waals surface area contributed by atoms with Gasteiger partial charge in [-0.1, -0.05) is 35.9 Å². The minimum absolute atomic E-state index is 0.219.